The zero-order valence-electron chi connectivity index (χ0n) is 16.2. The van der Waals surface area contributed by atoms with Gasteiger partial charge in [0.1, 0.15) is 0 Å². The van der Waals surface area contributed by atoms with E-state index in [0.29, 0.717) is 5.78 Å². The molecule has 2 nitrogen and oxygen atoms in total. The van der Waals surface area contributed by atoms with Crippen molar-refractivity contribution >= 4 is 5.78 Å². The molecule has 1 saturated heterocycles. The Morgan fingerprint density at radius 1 is 1.00 bits per heavy atom. The Morgan fingerprint density at radius 2 is 1.54 bits per heavy atom. The van der Waals surface area contributed by atoms with Gasteiger partial charge < -0.3 is 5.32 Å². The molecule has 1 aliphatic heterocycles. The summed E-state index contributed by atoms with van der Waals surface area (Å²) in [6.45, 7) is 10.9. The van der Waals surface area contributed by atoms with Crippen LogP contribution in [0.1, 0.15) is 82.1 Å². The summed E-state index contributed by atoms with van der Waals surface area (Å²) in [5, 5.41) is 3.29. The highest BCUT2D eigenvalue weighted by Crippen LogP contribution is 2.18. The molecule has 0 aromatic heterocycles. The van der Waals surface area contributed by atoms with Crippen molar-refractivity contribution in [1.29, 1.82) is 0 Å². The van der Waals surface area contributed by atoms with Crippen molar-refractivity contribution in [2.24, 2.45) is 11.8 Å². The van der Waals surface area contributed by atoms with E-state index in [1.54, 1.807) is 0 Å². The maximum absolute atomic E-state index is 12.2. The second kappa shape index (κ2) is 12.2. The maximum atomic E-state index is 12.2. The van der Waals surface area contributed by atoms with E-state index in [2.05, 4.69) is 45.1 Å². The van der Waals surface area contributed by atoms with Crippen LogP contribution in [0.2, 0.25) is 0 Å². The number of ketones is 1. The molecule has 0 amide bonds. The highest BCUT2D eigenvalue weighted by atomic mass is 16.1. The summed E-state index contributed by atoms with van der Waals surface area (Å²) in [5.74, 6) is 1.54. The van der Waals surface area contributed by atoms with Gasteiger partial charge >= 0.3 is 0 Å². The van der Waals surface area contributed by atoms with Crippen molar-refractivity contribution in [3.8, 4) is 0 Å². The predicted molar refractivity (Wildman–Crippen MR) is 105 cm³/mol. The first-order valence-electron chi connectivity index (χ1n) is 9.99. The van der Waals surface area contributed by atoms with Gasteiger partial charge in [0, 0.05) is 11.5 Å². The third-order valence-corrected chi connectivity index (χ3v) is 5.22. The number of rotatable bonds is 7. The Hall–Kier alpha value is -1.15. The van der Waals surface area contributed by atoms with Crippen LogP contribution in [-0.4, -0.2) is 18.9 Å². The molecule has 1 heterocycles. The largest absolute Gasteiger partial charge is 0.317 e. The lowest BCUT2D eigenvalue weighted by Crippen LogP contribution is -2.31. The molecule has 0 radical (unpaired) electrons. The van der Waals surface area contributed by atoms with E-state index in [1.807, 2.05) is 12.1 Å². The molecule has 0 spiro atoms. The van der Waals surface area contributed by atoms with Crippen LogP contribution in [0.25, 0.3) is 0 Å². The summed E-state index contributed by atoms with van der Waals surface area (Å²) >= 11 is 0. The average Bonchev–Trinajstić information content (AvgIpc) is 2.65. The molecule has 1 aromatic carbocycles. The zero-order chi connectivity index (χ0) is 17.8. The number of benzene rings is 1. The first-order chi connectivity index (χ1) is 11.7. The lowest BCUT2D eigenvalue weighted by molar-refractivity contribution is 0.0895. The number of aryl methyl sites for hydroxylation is 1. The average molecular weight is 332 g/mol. The van der Waals surface area contributed by atoms with E-state index >= 15 is 0 Å². The van der Waals surface area contributed by atoms with Crippen LogP contribution in [0.5, 0.6) is 0 Å². The van der Waals surface area contributed by atoms with Gasteiger partial charge in [-0.25, -0.2) is 0 Å². The number of Topliss-reactive ketones (excluding diaryl/α,β-unsaturated/α-hetero) is 1. The Balaban J connectivity index is 0.000000351. The molecule has 136 valence electrons. The molecular weight excluding hydrogens is 294 g/mol. The van der Waals surface area contributed by atoms with E-state index in [4.69, 9.17) is 0 Å². The van der Waals surface area contributed by atoms with E-state index in [1.165, 1.54) is 24.8 Å². The quantitative estimate of drug-likeness (QED) is 0.654. The lowest BCUT2D eigenvalue weighted by atomic mass is 9.89. The molecule has 1 fully saturated rings. The second-order valence-corrected chi connectivity index (χ2v) is 6.93. The molecule has 1 aromatic rings. The van der Waals surface area contributed by atoms with Crippen LogP contribution in [0.4, 0.5) is 0 Å². The third kappa shape index (κ3) is 7.17. The van der Waals surface area contributed by atoms with E-state index < -0.39 is 0 Å². The summed E-state index contributed by atoms with van der Waals surface area (Å²) in [4.78, 5) is 12.2. The third-order valence-electron chi connectivity index (χ3n) is 5.22. The molecule has 0 saturated carbocycles. The van der Waals surface area contributed by atoms with Crippen LogP contribution in [0.15, 0.2) is 24.3 Å². The van der Waals surface area contributed by atoms with Crippen molar-refractivity contribution < 1.29 is 4.79 Å². The molecular formula is C22H37NO. The Kier molecular flexibility index (Phi) is 10.7. The fourth-order valence-electron chi connectivity index (χ4n) is 3.31. The number of hydrogen-bond donors (Lipinski definition) is 1. The summed E-state index contributed by atoms with van der Waals surface area (Å²) in [6, 6.07) is 8.18. The normalized spacial score (nSPS) is 15.0. The minimum atomic E-state index is 0.230. The van der Waals surface area contributed by atoms with Crippen LogP contribution in [0.3, 0.4) is 0 Å². The maximum Gasteiger partial charge on any atom is 0.166 e. The second-order valence-electron chi connectivity index (χ2n) is 6.93. The summed E-state index contributed by atoms with van der Waals surface area (Å²) in [7, 11) is 0. The Labute approximate surface area is 149 Å². The minimum absolute atomic E-state index is 0.230. The summed E-state index contributed by atoms with van der Waals surface area (Å²) in [6.07, 6.45) is 8.28. The van der Waals surface area contributed by atoms with Gasteiger partial charge in [0.05, 0.1) is 0 Å². The lowest BCUT2D eigenvalue weighted by Gasteiger charge is -2.21. The van der Waals surface area contributed by atoms with E-state index in [-0.39, 0.29) is 5.92 Å². The standard InChI is InChI=1S/C15H21NO.C7H16/c1-2-3-12-4-6-13(7-5-12)15(17)14-8-10-16-11-9-14;1-4-7(5-2)6-3/h4-7,14,16H,2-3,8-11H2,1H3;7H,4-6H2,1-3H3. The van der Waals surface area contributed by atoms with Gasteiger partial charge in [0.25, 0.3) is 0 Å². The van der Waals surface area contributed by atoms with Gasteiger partial charge in [-0.3, -0.25) is 4.79 Å². The minimum Gasteiger partial charge on any atom is -0.317 e. The molecule has 2 rings (SSSR count). The number of hydrogen-bond acceptors (Lipinski definition) is 2. The molecule has 24 heavy (non-hydrogen) atoms. The fraction of sp³-hybridized carbons (Fsp3) is 0.682. The summed E-state index contributed by atoms with van der Waals surface area (Å²) < 4.78 is 0. The highest BCUT2D eigenvalue weighted by Gasteiger charge is 2.21. The Morgan fingerprint density at radius 3 is 1.96 bits per heavy atom. The molecule has 0 bridgehead atoms. The zero-order valence-corrected chi connectivity index (χ0v) is 16.2. The SMILES string of the molecule is CCC(CC)CC.CCCc1ccc(C(=O)C2CCNCC2)cc1. The number of carbonyl (C=O) groups excluding carboxylic acids is 1. The predicted octanol–water partition coefficient (Wildman–Crippen LogP) is 5.65. The molecule has 2 heteroatoms. The smallest absolute Gasteiger partial charge is 0.166 e. The van der Waals surface area contributed by atoms with Crippen LogP contribution in [-0.2, 0) is 6.42 Å². The van der Waals surface area contributed by atoms with Gasteiger partial charge in [-0.2, -0.15) is 0 Å². The van der Waals surface area contributed by atoms with Crippen molar-refractivity contribution in [3.05, 3.63) is 35.4 Å². The highest BCUT2D eigenvalue weighted by molar-refractivity contribution is 5.97. The first kappa shape index (κ1) is 20.9. The van der Waals surface area contributed by atoms with E-state index in [0.717, 1.165) is 50.3 Å². The Bertz CT molecular complexity index is 436. The van der Waals surface area contributed by atoms with Gasteiger partial charge in [-0.05, 0) is 43.8 Å². The van der Waals surface area contributed by atoms with Crippen molar-refractivity contribution in [2.75, 3.05) is 13.1 Å². The van der Waals surface area contributed by atoms with Gasteiger partial charge in [-0.1, -0.05) is 77.6 Å². The van der Waals surface area contributed by atoms with Gasteiger partial charge in [0.15, 0.2) is 5.78 Å². The van der Waals surface area contributed by atoms with Crippen molar-refractivity contribution in [1.82, 2.24) is 5.32 Å². The van der Waals surface area contributed by atoms with Crippen LogP contribution in [0, 0.1) is 11.8 Å². The molecule has 0 aliphatic carbocycles. The molecule has 0 unspecified atom stereocenters. The fourth-order valence-corrected chi connectivity index (χ4v) is 3.31. The summed E-state index contributed by atoms with van der Waals surface area (Å²) in [5.41, 5.74) is 2.21. The van der Waals surface area contributed by atoms with Gasteiger partial charge in [-0.15, -0.1) is 0 Å². The van der Waals surface area contributed by atoms with E-state index in [9.17, 15) is 4.79 Å². The number of nitrogens with one attached hydrogen (secondary N) is 1. The van der Waals surface area contributed by atoms with Crippen LogP contribution >= 0.6 is 0 Å². The van der Waals surface area contributed by atoms with Crippen LogP contribution < -0.4 is 5.32 Å². The number of carbonyl (C=O) groups is 1. The molecule has 1 aliphatic rings. The molecule has 1 N–H and O–H groups in total. The molecule has 0 atom stereocenters. The first-order valence-corrected chi connectivity index (χ1v) is 9.99. The topological polar surface area (TPSA) is 29.1 Å². The van der Waals surface area contributed by atoms with Gasteiger partial charge in [0.2, 0.25) is 0 Å². The number of piperidine rings is 1. The van der Waals surface area contributed by atoms with Crippen molar-refractivity contribution in [3.63, 3.8) is 0 Å². The van der Waals surface area contributed by atoms with Crippen molar-refractivity contribution in [2.45, 2.75) is 72.6 Å². The monoisotopic (exact) mass is 331 g/mol.